The number of carbonyl (C=O) groups excluding carboxylic acids is 1. The van der Waals surface area contributed by atoms with E-state index in [0.717, 1.165) is 25.7 Å². The van der Waals surface area contributed by atoms with Crippen LogP contribution in [-0.4, -0.2) is 32.6 Å². The van der Waals surface area contributed by atoms with Crippen LogP contribution >= 0.6 is 22.6 Å². The molecule has 0 aliphatic heterocycles. The molecule has 3 nitrogen and oxygen atoms in total. The van der Waals surface area contributed by atoms with Crippen molar-refractivity contribution in [1.29, 1.82) is 0 Å². The summed E-state index contributed by atoms with van der Waals surface area (Å²) in [6.45, 7) is 1.87. The molecule has 13 heavy (non-hydrogen) atoms. The van der Waals surface area contributed by atoms with Gasteiger partial charge in [0.1, 0.15) is 0 Å². The first kappa shape index (κ1) is 11.2. The second kappa shape index (κ2) is 4.13. The first-order valence-electron chi connectivity index (χ1n) is 4.57. The van der Waals surface area contributed by atoms with Gasteiger partial charge in [-0.05, 0) is 32.6 Å². The highest BCUT2D eigenvalue weighted by molar-refractivity contribution is 14.1. The number of aliphatic hydroxyl groups is 1. The third-order valence-electron chi connectivity index (χ3n) is 2.86. The number of halogens is 1. The van der Waals surface area contributed by atoms with Crippen molar-refractivity contribution < 1.29 is 9.90 Å². The van der Waals surface area contributed by atoms with Crippen LogP contribution in [0.3, 0.4) is 0 Å². The summed E-state index contributed by atoms with van der Waals surface area (Å²) in [6, 6.07) is 0.324. The number of hydrogen-bond donors (Lipinski definition) is 1. The van der Waals surface area contributed by atoms with Gasteiger partial charge in [-0.2, -0.15) is 0 Å². The summed E-state index contributed by atoms with van der Waals surface area (Å²) in [4.78, 5) is 12.8. The molecule has 1 fully saturated rings. The Morgan fingerprint density at radius 1 is 1.54 bits per heavy atom. The smallest absolute Gasteiger partial charge is 0.283 e. The SMILES string of the molecule is CN(C(=O)I)[C@H]1CC[C@@](C)(O)CC1. The molecule has 0 aromatic carbocycles. The van der Waals surface area contributed by atoms with Crippen LogP contribution in [0.1, 0.15) is 32.6 Å². The molecule has 1 saturated carbocycles. The van der Waals surface area contributed by atoms with Gasteiger partial charge >= 0.3 is 0 Å². The minimum absolute atomic E-state index is 0.0872. The van der Waals surface area contributed by atoms with Gasteiger partial charge in [-0.3, -0.25) is 4.79 Å². The van der Waals surface area contributed by atoms with E-state index >= 15 is 0 Å². The van der Waals surface area contributed by atoms with Gasteiger partial charge < -0.3 is 10.0 Å². The molecule has 1 aliphatic rings. The van der Waals surface area contributed by atoms with Gasteiger partial charge in [0, 0.05) is 35.7 Å². The highest BCUT2D eigenvalue weighted by Crippen LogP contribution is 2.30. The zero-order chi connectivity index (χ0) is 10.1. The Hall–Kier alpha value is 0.160. The molecule has 0 saturated heterocycles. The van der Waals surface area contributed by atoms with Crippen LogP contribution in [0.2, 0.25) is 0 Å². The molecule has 1 rings (SSSR count). The largest absolute Gasteiger partial charge is 0.390 e. The topological polar surface area (TPSA) is 40.5 Å². The summed E-state index contributed by atoms with van der Waals surface area (Å²) in [7, 11) is 1.83. The van der Waals surface area contributed by atoms with Crippen LogP contribution in [0.4, 0.5) is 4.79 Å². The molecule has 76 valence electrons. The Morgan fingerprint density at radius 3 is 2.38 bits per heavy atom. The predicted molar refractivity (Wildman–Crippen MR) is 60.1 cm³/mol. The van der Waals surface area contributed by atoms with E-state index in [4.69, 9.17) is 0 Å². The molecular weight excluding hydrogens is 281 g/mol. The maximum atomic E-state index is 11.1. The van der Waals surface area contributed by atoms with Crippen molar-refractivity contribution in [3.8, 4) is 0 Å². The van der Waals surface area contributed by atoms with E-state index in [1.54, 1.807) is 27.5 Å². The third-order valence-corrected chi connectivity index (χ3v) is 3.62. The van der Waals surface area contributed by atoms with E-state index in [9.17, 15) is 9.90 Å². The second-order valence-electron chi connectivity index (χ2n) is 4.09. The predicted octanol–water partition coefficient (Wildman–Crippen LogP) is 2.17. The lowest BCUT2D eigenvalue weighted by molar-refractivity contribution is 0.00496. The van der Waals surface area contributed by atoms with Crippen molar-refractivity contribution in [1.82, 2.24) is 4.90 Å². The molecular formula is C9H16INO2. The molecule has 0 heterocycles. The molecule has 0 radical (unpaired) electrons. The fourth-order valence-electron chi connectivity index (χ4n) is 1.76. The maximum Gasteiger partial charge on any atom is 0.283 e. The normalized spacial score (nSPS) is 34.3. The van der Waals surface area contributed by atoms with Gasteiger partial charge in [-0.25, -0.2) is 0 Å². The lowest BCUT2D eigenvalue weighted by Gasteiger charge is -2.36. The van der Waals surface area contributed by atoms with E-state index < -0.39 is 5.60 Å². The van der Waals surface area contributed by atoms with E-state index in [0.29, 0.717) is 6.04 Å². The molecule has 0 unspecified atom stereocenters. The first-order chi connectivity index (χ1) is 5.92. The van der Waals surface area contributed by atoms with Crippen molar-refractivity contribution in [2.24, 2.45) is 0 Å². The Balaban J connectivity index is 2.45. The average molecular weight is 297 g/mol. The molecule has 0 aromatic heterocycles. The van der Waals surface area contributed by atoms with E-state index in [2.05, 4.69) is 0 Å². The number of amides is 1. The van der Waals surface area contributed by atoms with E-state index in [1.807, 2.05) is 14.0 Å². The molecule has 4 heteroatoms. The van der Waals surface area contributed by atoms with Crippen molar-refractivity contribution >= 4 is 26.5 Å². The van der Waals surface area contributed by atoms with Crippen LogP contribution in [0, 0.1) is 0 Å². The Labute approximate surface area is 92.6 Å². The lowest BCUT2D eigenvalue weighted by atomic mass is 9.83. The van der Waals surface area contributed by atoms with Gasteiger partial charge in [0.2, 0.25) is 0 Å². The molecule has 0 bridgehead atoms. The summed E-state index contributed by atoms with van der Waals surface area (Å²) in [6.07, 6.45) is 3.42. The van der Waals surface area contributed by atoms with Crippen LogP contribution in [0.25, 0.3) is 0 Å². The van der Waals surface area contributed by atoms with Gasteiger partial charge in [0.15, 0.2) is 0 Å². The molecule has 1 aliphatic carbocycles. The lowest BCUT2D eigenvalue weighted by Crippen LogP contribution is -2.41. The third kappa shape index (κ3) is 3.09. The fraction of sp³-hybridized carbons (Fsp3) is 0.889. The number of rotatable bonds is 1. The first-order valence-corrected chi connectivity index (χ1v) is 5.65. The Bertz CT molecular complexity index is 196. The quantitative estimate of drug-likeness (QED) is 0.458. The summed E-state index contributed by atoms with van der Waals surface area (Å²) in [5.74, 6) is 0. The molecule has 1 N–H and O–H groups in total. The van der Waals surface area contributed by atoms with Crippen molar-refractivity contribution in [3.63, 3.8) is 0 Å². The fourth-order valence-corrected chi connectivity index (χ4v) is 2.15. The van der Waals surface area contributed by atoms with Crippen LogP contribution in [0.15, 0.2) is 0 Å². The van der Waals surface area contributed by atoms with E-state index in [1.165, 1.54) is 0 Å². The molecule has 0 aromatic rings. The highest BCUT2D eigenvalue weighted by Gasteiger charge is 2.31. The molecule has 1 amide bonds. The summed E-state index contributed by atoms with van der Waals surface area (Å²) in [5.41, 5.74) is -0.508. The van der Waals surface area contributed by atoms with E-state index in [-0.39, 0.29) is 3.91 Å². The Kier molecular flexibility index (Phi) is 3.57. The van der Waals surface area contributed by atoms with Gasteiger partial charge in [-0.1, -0.05) is 0 Å². The minimum Gasteiger partial charge on any atom is -0.390 e. The highest BCUT2D eigenvalue weighted by atomic mass is 127. The maximum absolute atomic E-state index is 11.1. The summed E-state index contributed by atoms with van der Waals surface area (Å²) >= 11 is 1.80. The second-order valence-corrected chi connectivity index (χ2v) is 5.01. The molecule has 0 atom stereocenters. The molecule has 0 spiro atoms. The van der Waals surface area contributed by atoms with Gasteiger partial charge in [0.25, 0.3) is 3.91 Å². The Morgan fingerprint density at radius 2 is 2.00 bits per heavy atom. The minimum atomic E-state index is -0.508. The standard InChI is InChI=1S/C9H16INO2/c1-9(13)5-3-7(4-6-9)11(2)8(10)12/h7,13H,3-6H2,1-2H3/t7-,9+. The summed E-state index contributed by atoms with van der Waals surface area (Å²) < 4.78 is 0.0872. The van der Waals surface area contributed by atoms with Crippen LogP contribution in [-0.2, 0) is 0 Å². The number of hydrogen-bond acceptors (Lipinski definition) is 2. The monoisotopic (exact) mass is 297 g/mol. The zero-order valence-corrected chi connectivity index (χ0v) is 10.2. The number of nitrogens with zero attached hydrogens (tertiary/aromatic N) is 1. The van der Waals surface area contributed by atoms with Crippen LogP contribution in [0.5, 0.6) is 0 Å². The average Bonchev–Trinajstić information content (AvgIpc) is 2.03. The van der Waals surface area contributed by atoms with Crippen LogP contribution < -0.4 is 0 Å². The summed E-state index contributed by atoms with van der Waals surface area (Å²) in [5, 5.41) is 9.71. The van der Waals surface area contributed by atoms with Crippen molar-refractivity contribution in [3.05, 3.63) is 0 Å². The van der Waals surface area contributed by atoms with Crippen molar-refractivity contribution in [2.45, 2.75) is 44.2 Å². The zero-order valence-electron chi connectivity index (χ0n) is 8.09. The van der Waals surface area contributed by atoms with Gasteiger partial charge in [0.05, 0.1) is 5.60 Å². The van der Waals surface area contributed by atoms with Gasteiger partial charge in [-0.15, -0.1) is 0 Å². The van der Waals surface area contributed by atoms with Crippen molar-refractivity contribution in [2.75, 3.05) is 7.05 Å². The number of carbonyl (C=O) groups is 1.